The Morgan fingerprint density at radius 2 is 1.13 bits per heavy atom. The van der Waals surface area contributed by atoms with Gasteiger partial charge >= 0.3 is 0 Å². The predicted molar refractivity (Wildman–Crippen MR) is 65.0 cm³/mol. The Hall–Kier alpha value is -0.570. The number of hydrogen-bond donors (Lipinski definition) is 2. The fourth-order valence-electron chi connectivity index (χ4n) is 0.800. The van der Waals surface area contributed by atoms with E-state index in [9.17, 15) is 0 Å². The summed E-state index contributed by atoms with van der Waals surface area (Å²) in [6.45, 7) is 14.6. The summed E-state index contributed by atoms with van der Waals surface area (Å²) in [5.74, 6) is 0.632. The highest BCUT2D eigenvalue weighted by atomic mass is 16.4. The summed E-state index contributed by atoms with van der Waals surface area (Å²) >= 11 is 0. The first kappa shape index (κ1) is 16.8. The second-order valence-corrected chi connectivity index (χ2v) is 4.75. The third-order valence-electron chi connectivity index (χ3n) is 2.53. The lowest BCUT2D eigenvalue weighted by Gasteiger charge is -2.25. The Bertz CT molecular complexity index is 151. The molecule has 0 rings (SSSR count). The summed E-state index contributed by atoms with van der Waals surface area (Å²) in [5.41, 5.74) is 0. The van der Waals surface area contributed by atoms with Gasteiger partial charge in [0.05, 0.1) is 0 Å². The summed E-state index contributed by atoms with van der Waals surface area (Å²) in [4.78, 5) is 9.00. The minimum atomic E-state index is -0.833. The maximum absolute atomic E-state index is 9.00. The van der Waals surface area contributed by atoms with Gasteiger partial charge in [0.1, 0.15) is 0 Å². The first-order valence-electron chi connectivity index (χ1n) is 5.64. The van der Waals surface area contributed by atoms with Crippen molar-refractivity contribution >= 4 is 5.97 Å². The Kier molecular flexibility index (Phi) is 9.79. The van der Waals surface area contributed by atoms with Crippen LogP contribution >= 0.6 is 0 Å². The van der Waals surface area contributed by atoms with Crippen LogP contribution in [0, 0.1) is 11.8 Å². The average molecular weight is 217 g/mol. The lowest BCUT2D eigenvalue weighted by molar-refractivity contribution is -0.134. The number of hydrogen-bond acceptors (Lipinski definition) is 2. The number of carbonyl (C=O) groups is 1. The van der Waals surface area contributed by atoms with E-state index < -0.39 is 5.97 Å². The maximum Gasteiger partial charge on any atom is 0.300 e. The highest BCUT2D eigenvalue weighted by molar-refractivity contribution is 5.62. The number of aliphatic carboxylic acids is 1. The van der Waals surface area contributed by atoms with Crippen LogP contribution in [0.2, 0.25) is 0 Å². The fourth-order valence-corrected chi connectivity index (χ4v) is 0.800. The zero-order valence-corrected chi connectivity index (χ0v) is 11.2. The van der Waals surface area contributed by atoms with E-state index in [0.29, 0.717) is 12.1 Å². The minimum Gasteiger partial charge on any atom is -0.481 e. The van der Waals surface area contributed by atoms with E-state index in [4.69, 9.17) is 9.90 Å². The van der Waals surface area contributed by atoms with Crippen molar-refractivity contribution in [2.75, 3.05) is 0 Å². The van der Waals surface area contributed by atoms with Crippen molar-refractivity contribution in [2.24, 2.45) is 11.8 Å². The van der Waals surface area contributed by atoms with Gasteiger partial charge in [0, 0.05) is 19.0 Å². The van der Waals surface area contributed by atoms with Crippen molar-refractivity contribution in [3.05, 3.63) is 0 Å². The zero-order valence-electron chi connectivity index (χ0n) is 11.2. The monoisotopic (exact) mass is 217 g/mol. The molecule has 2 atom stereocenters. The van der Waals surface area contributed by atoms with Crippen LogP contribution < -0.4 is 5.32 Å². The molecule has 3 nitrogen and oxygen atoms in total. The second kappa shape index (κ2) is 8.72. The normalized spacial score (nSPS) is 14.5. The molecule has 0 saturated carbocycles. The molecule has 0 aliphatic heterocycles. The Morgan fingerprint density at radius 1 is 0.933 bits per heavy atom. The van der Waals surface area contributed by atoms with E-state index in [1.54, 1.807) is 0 Å². The van der Waals surface area contributed by atoms with Crippen LogP contribution in [-0.2, 0) is 4.79 Å². The van der Waals surface area contributed by atoms with E-state index in [0.717, 1.165) is 18.8 Å². The number of nitrogens with one attached hydrogen (secondary N) is 1. The largest absolute Gasteiger partial charge is 0.481 e. The van der Waals surface area contributed by atoms with Crippen molar-refractivity contribution in [3.63, 3.8) is 0 Å². The van der Waals surface area contributed by atoms with Crippen LogP contribution in [0.25, 0.3) is 0 Å². The Labute approximate surface area is 94.3 Å². The smallest absolute Gasteiger partial charge is 0.300 e. The third-order valence-corrected chi connectivity index (χ3v) is 2.53. The average Bonchev–Trinajstić information content (AvgIpc) is 2.02. The van der Waals surface area contributed by atoms with Crippen LogP contribution in [0.5, 0.6) is 0 Å². The van der Waals surface area contributed by atoms with Crippen LogP contribution in [0.1, 0.15) is 48.5 Å². The summed E-state index contributed by atoms with van der Waals surface area (Å²) in [7, 11) is 0. The summed E-state index contributed by atoms with van der Waals surface area (Å²) in [5, 5.41) is 11.0. The van der Waals surface area contributed by atoms with Crippen LogP contribution in [0.4, 0.5) is 0 Å². The predicted octanol–water partition coefficient (Wildman–Crippen LogP) is 2.76. The van der Waals surface area contributed by atoms with Crippen molar-refractivity contribution in [2.45, 2.75) is 60.5 Å². The molecule has 0 saturated heterocycles. The molecule has 0 aliphatic rings. The summed E-state index contributed by atoms with van der Waals surface area (Å²) in [6, 6.07) is 1.26. The first-order valence-corrected chi connectivity index (χ1v) is 5.64. The summed E-state index contributed by atoms with van der Waals surface area (Å²) < 4.78 is 0. The minimum absolute atomic E-state index is 0.632. The van der Waals surface area contributed by atoms with Gasteiger partial charge in [0.2, 0.25) is 0 Å². The first-order chi connectivity index (χ1) is 6.68. The molecule has 15 heavy (non-hydrogen) atoms. The molecule has 0 amide bonds. The van der Waals surface area contributed by atoms with Crippen molar-refractivity contribution < 1.29 is 9.90 Å². The molecule has 0 heterocycles. The quantitative estimate of drug-likeness (QED) is 0.761. The van der Waals surface area contributed by atoms with Crippen molar-refractivity contribution in [1.29, 1.82) is 0 Å². The van der Waals surface area contributed by atoms with Crippen LogP contribution in [-0.4, -0.2) is 23.2 Å². The van der Waals surface area contributed by atoms with Gasteiger partial charge in [-0.3, -0.25) is 4.79 Å². The van der Waals surface area contributed by atoms with Gasteiger partial charge in [-0.25, -0.2) is 0 Å². The van der Waals surface area contributed by atoms with E-state index in [1.165, 1.54) is 0 Å². The fraction of sp³-hybridized carbons (Fsp3) is 0.917. The molecular weight excluding hydrogens is 190 g/mol. The Morgan fingerprint density at radius 3 is 1.27 bits per heavy atom. The van der Waals surface area contributed by atoms with E-state index >= 15 is 0 Å². The molecule has 2 N–H and O–H groups in total. The van der Waals surface area contributed by atoms with Crippen molar-refractivity contribution in [3.8, 4) is 0 Å². The maximum atomic E-state index is 9.00. The lowest BCUT2D eigenvalue weighted by atomic mass is 10.0. The van der Waals surface area contributed by atoms with Gasteiger partial charge in [0.25, 0.3) is 5.97 Å². The van der Waals surface area contributed by atoms with E-state index in [1.807, 2.05) is 0 Å². The topological polar surface area (TPSA) is 49.3 Å². The summed E-state index contributed by atoms with van der Waals surface area (Å²) in [6.07, 6.45) is 0. The number of rotatable bonds is 4. The molecule has 0 aromatic heterocycles. The third kappa shape index (κ3) is 13.4. The standard InChI is InChI=1S/C10H23N.C2H4O2/c1-7(2)9(5)11-10(6)8(3)4;1-2(3)4/h7-11H,1-6H3;1H3,(H,3,4). The molecule has 0 aliphatic carbocycles. The molecule has 2 unspecified atom stereocenters. The molecular formula is C12H27NO2. The van der Waals surface area contributed by atoms with E-state index in [-0.39, 0.29) is 0 Å². The van der Waals surface area contributed by atoms with Gasteiger partial charge in [-0.15, -0.1) is 0 Å². The second-order valence-electron chi connectivity index (χ2n) is 4.75. The molecule has 92 valence electrons. The lowest BCUT2D eigenvalue weighted by Crippen LogP contribution is -2.40. The molecule has 0 fully saturated rings. The highest BCUT2D eigenvalue weighted by Crippen LogP contribution is 2.05. The number of carboxylic acids is 1. The van der Waals surface area contributed by atoms with Crippen molar-refractivity contribution in [1.82, 2.24) is 5.32 Å². The SMILES string of the molecule is CC(=O)O.CC(C)C(C)NC(C)C(C)C. The highest BCUT2D eigenvalue weighted by Gasteiger charge is 2.12. The molecule has 0 aromatic rings. The van der Waals surface area contributed by atoms with Crippen LogP contribution in [0.15, 0.2) is 0 Å². The van der Waals surface area contributed by atoms with Gasteiger partial charge in [-0.05, 0) is 25.7 Å². The molecule has 0 radical (unpaired) electrons. The molecule has 3 heteroatoms. The zero-order chi connectivity index (χ0) is 12.6. The van der Waals surface area contributed by atoms with Gasteiger partial charge in [0.15, 0.2) is 0 Å². The molecule has 0 bridgehead atoms. The number of carboxylic acid groups (broad SMARTS) is 1. The van der Waals surface area contributed by atoms with E-state index in [2.05, 4.69) is 46.9 Å². The Balaban J connectivity index is 0. The van der Waals surface area contributed by atoms with Gasteiger partial charge in [-0.1, -0.05) is 27.7 Å². The molecule has 0 spiro atoms. The van der Waals surface area contributed by atoms with Crippen LogP contribution in [0.3, 0.4) is 0 Å². The molecule has 0 aromatic carbocycles. The van der Waals surface area contributed by atoms with Gasteiger partial charge < -0.3 is 10.4 Å². The van der Waals surface area contributed by atoms with Gasteiger partial charge in [-0.2, -0.15) is 0 Å².